The van der Waals surface area contributed by atoms with Gasteiger partial charge in [0, 0.05) is 23.0 Å². The number of alkyl halides is 1. The van der Waals surface area contributed by atoms with Gasteiger partial charge in [-0.15, -0.1) is 11.6 Å². The summed E-state index contributed by atoms with van der Waals surface area (Å²) in [5, 5.41) is 7.51. The molecular formula is C22H30Cl2N4O2. The minimum absolute atomic E-state index is 0.0786. The number of hydrogen-bond acceptors (Lipinski definition) is 3. The van der Waals surface area contributed by atoms with E-state index in [1.165, 1.54) is 4.90 Å². The first kappa shape index (κ1) is 24.2. The van der Waals surface area contributed by atoms with Gasteiger partial charge >= 0.3 is 0 Å². The van der Waals surface area contributed by atoms with Crippen LogP contribution in [0.2, 0.25) is 5.02 Å². The van der Waals surface area contributed by atoms with Crippen molar-refractivity contribution >= 4 is 40.8 Å². The predicted molar refractivity (Wildman–Crippen MR) is 123 cm³/mol. The summed E-state index contributed by atoms with van der Waals surface area (Å²) in [7, 11) is 0. The lowest BCUT2D eigenvalue weighted by atomic mass is 9.92. The topological polar surface area (TPSA) is 67.2 Å². The lowest BCUT2D eigenvalue weighted by Gasteiger charge is -2.25. The van der Waals surface area contributed by atoms with Gasteiger partial charge in [0.25, 0.3) is 0 Å². The van der Waals surface area contributed by atoms with E-state index in [1.807, 2.05) is 32.0 Å². The predicted octanol–water partition coefficient (Wildman–Crippen LogP) is 4.87. The van der Waals surface area contributed by atoms with E-state index in [4.69, 9.17) is 23.2 Å². The monoisotopic (exact) mass is 452 g/mol. The first-order valence-electron chi connectivity index (χ1n) is 9.97. The highest BCUT2D eigenvalue weighted by atomic mass is 35.5. The standard InChI is InChI=1S/C22H30Cl2N4O2/c1-14(2)12-27(21(30)15(3)23)13-20(29)25-19-11-18(22(4,5)6)26-28(19)17-9-7-16(24)8-10-17/h7-11,14-15H,12-13H2,1-6H3,(H,25,29). The van der Waals surface area contributed by atoms with E-state index >= 15 is 0 Å². The highest BCUT2D eigenvalue weighted by Crippen LogP contribution is 2.27. The van der Waals surface area contributed by atoms with Crippen molar-refractivity contribution in [3.8, 4) is 5.69 Å². The van der Waals surface area contributed by atoms with Gasteiger partial charge < -0.3 is 10.2 Å². The van der Waals surface area contributed by atoms with E-state index in [2.05, 4.69) is 31.2 Å². The Morgan fingerprint density at radius 3 is 2.27 bits per heavy atom. The van der Waals surface area contributed by atoms with E-state index in [0.717, 1.165) is 11.4 Å². The first-order chi connectivity index (χ1) is 13.9. The third-order valence-corrected chi connectivity index (χ3v) is 4.83. The van der Waals surface area contributed by atoms with Crippen LogP contribution in [-0.2, 0) is 15.0 Å². The van der Waals surface area contributed by atoms with E-state index in [-0.39, 0.29) is 29.7 Å². The van der Waals surface area contributed by atoms with Crippen molar-refractivity contribution in [1.29, 1.82) is 0 Å². The molecule has 0 aliphatic carbocycles. The summed E-state index contributed by atoms with van der Waals surface area (Å²) in [5.74, 6) is 0.173. The summed E-state index contributed by atoms with van der Waals surface area (Å²) < 4.78 is 1.67. The molecule has 0 aliphatic heterocycles. The molecule has 2 amide bonds. The Balaban J connectivity index is 2.31. The van der Waals surface area contributed by atoms with E-state index in [9.17, 15) is 9.59 Å². The maximum atomic E-state index is 12.8. The molecule has 1 N–H and O–H groups in total. The molecule has 30 heavy (non-hydrogen) atoms. The fourth-order valence-electron chi connectivity index (χ4n) is 2.90. The molecule has 1 atom stereocenters. The van der Waals surface area contributed by atoms with Crippen LogP contribution in [-0.4, -0.2) is 45.0 Å². The lowest BCUT2D eigenvalue weighted by molar-refractivity contribution is -0.134. The fraction of sp³-hybridized carbons (Fsp3) is 0.500. The second-order valence-corrected chi connectivity index (χ2v) is 9.92. The molecular weight excluding hydrogens is 423 g/mol. The van der Waals surface area contributed by atoms with Crippen molar-refractivity contribution in [2.24, 2.45) is 5.92 Å². The fourth-order valence-corrected chi connectivity index (χ4v) is 3.16. The quantitative estimate of drug-likeness (QED) is 0.608. The van der Waals surface area contributed by atoms with Crippen LogP contribution < -0.4 is 5.32 Å². The second kappa shape index (κ2) is 9.84. The summed E-state index contributed by atoms with van der Waals surface area (Å²) in [4.78, 5) is 26.7. The number of hydrogen-bond donors (Lipinski definition) is 1. The number of benzene rings is 1. The van der Waals surface area contributed by atoms with Crippen molar-refractivity contribution in [1.82, 2.24) is 14.7 Å². The Kier molecular flexibility index (Phi) is 7.94. The zero-order valence-electron chi connectivity index (χ0n) is 18.4. The van der Waals surface area contributed by atoms with Crippen LogP contribution in [0.25, 0.3) is 5.69 Å². The summed E-state index contributed by atoms with van der Waals surface area (Å²) in [6, 6.07) is 9.06. The number of carbonyl (C=O) groups is 2. The number of rotatable bonds is 7. The zero-order valence-corrected chi connectivity index (χ0v) is 19.9. The Morgan fingerprint density at radius 2 is 1.77 bits per heavy atom. The van der Waals surface area contributed by atoms with Crippen molar-refractivity contribution in [2.45, 2.75) is 52.3 Å². The average molecular weight is 453 g/mol. The number of halogens is 2. The smallest absolute Gasteiger partial charge is 0.245 e. The minimum Gasteiger partial charge on any atom is -0.332 e. The van der Waals surface area contributed by atoms with Gasteiger partial charge in [-0.25, -0.2) is 4.68 Å². The molecule has 1 unspecified atom stereocenters. The van der Waals surface area contributed by atoms with Gasteiger partial charge in [0.05, 0.1) is 17.9 Å². The van der Waals surface area contributed by atoms with Crippen molar-refractivity contribution in [3.05, 3.63) is 41.0 Å². The van der Waals surface area contributed by atoms with Gasteiger partial charge in [-0.2, -0.15) is 5.10 Å². The third kappa shape index (κ3) is 6.47. The maximum absolute atomic E-state index is 12.8. The number of nitrogens with one attached hydrogen (secondary N) is 1. The molecule has 0 saturated heterocycles. The Labute approximate surface area is 188 Å². The SMILES string of the molecule is CC(C)CN(CC(=O)Nc1cc(C(C)(C)C)nn1-c1ccc(Cl)cc1)C(=O)C(C)Cl. The van der Waals surface area contributed by atoms with Gasteiger partial charge in [0.1, 0.15) is 11.2 Å². The molecule has 0 bridgehead atoms. The van der Waals surface area contributed by atoms with Crippen LogP contribution in [0.3, 0.4) is 0 Å². The summed E-state index contributed by atoms with van der Waals surface area (Å²) >= 11 is 12.0. The van der Waals surface area contributed by atoms with Crippen molar-refractivity contribution < 1.29 is 9.59 Å². The van der Waals surface area contributed by atoms with Gasteiger partial charge in [-0.3, -0.25) is 9.59 Å². The van der Waals surface area contributed by atoms with Crippen LogP contribution in [0.5, 0.6) is 0 Å². The van der Waals surface area contributed by atoms with Gasteiger partial charge in [-0.1, -0.05) is 46.2 Å². The van der Waals surface area contributed by atoms with Crippen LogP contribution >= 0.6 is 23.2 Å². The average Bonchev–Trinajstić information content (AvgIpc) is 3.04. The molecule has 6 nitrogen and oxygen atoms in total. The number of aromatic nitrogens is 2. The maximum Gasteiger partial charge on any atom is 0.245 e. The molecule has 0 saturated carbocycles. The lowest BCUT2D eigenvalue weighted by Crippen LogP contribution is -2.43. The Hall–Kier alpha value is -2.05. The van der Waals surface area contributed by atoms with Crippen molar-refractivity contribution in [2.75, 3.05) is 18.4 Å². The molecule has 1 aromatic carbocycles. The van der Waals surface area contributed by atoms with Crippen molar-refractivity contribution in [3.63, 3.8) is 0 Å². The van der Waals surface area contributed by atoms with Gasteiger partial charge in [0.15, 0.2) is 0 Å². The normalized spacial score (nSPS) is 12.7. The second-order valence-electron chi connectivity index (χ2n) is 8.83. The summed E-state index contributed by atoms with van der Waals surface area (Å²) in [6.07, 6.45) is 0. The van der Waals surface area contributed by atoms with Crippen LogP contribution in [0, 0.1) is 5.92 Å². The summed E-state index contributed by atoms with van der Waals surface area (Å²) in [6.45, 7) is 12.1. The van der Waals surface area contributed by atoms with Crippen LogP contribution in [0.1, 0.15) is 47.2 Å². The Bertz CT molecular complexity index is 884. The first-order valence-corrected chi connectivity index (χ1v) is 10.8. The Morgan fingerprint density at radius 1 is 1.17 bits per heavy atom. The highest BCUT2D eigenvalue weighted by Gasteiger charge is 2.24. The minimum atomic E-state index is -0.691. The van der Waals surface area contributed by atoms with Crippen LogP contribution in [0.15, 0.2) is 30.3 Å². The molecule has 1 heterocycles. The largest absolute Gasteiger partial charge is 0.332 e. The van der Waals surface area contributed by atoms with Gasteiger partial charge in [0.2, 0.25) is 11.8 Å². The summed E-state index contributed by atoms with van der Waals surface area (Å²) in [5.41, 5.74) is 1.40. The molecule has 8 heteroatoms. The molecule has 0 radical (unpaired) electrons. The van der Waals surface area contributed by atoms with Crippen LogP contribution in [0.4, 0.5) is 5.82 Å². The molecule has 1 aromatic heterocycles. The number of nitrogens with zero attached hydrogens (tertiary/aromatic N) is 3. The molecule has 164 valence electrons. The van der Waals surface area contributed by atoms with Gasteiger partial charge in [-0.05, 0) is 37.1 Å². The number of carbonyl (C=O) groups excluding carboxylic acids is 2. The molecule has 2 aromatic rings. The van der Waals surface area contributed by atoms with E-state index in [1.54, 1.807) is 23.7 Å². The molecule has 2 rings (SSSR count). The zero-order chi connectivity index (χ0) is 22.6. The van der Waals surface area contributed by atoms with E-state index in [0.29, 0.717) is 17.4 Å². The highest BCUT2D eigenvalue weighted by molar-refractivity contribution is 6.30. The molecule has 0 fully saturated rings. The van der Waals surface area contributed by atoms with E-state index < -0.39 is 5.38 Å². The molecule has 0 spiro atoms. The number of amides is 2. The third-order valence-electron chi connectivity index (χ3n) is 4.39. The molecule has 0 aliphatic rings. The number of anilines is 1.